The van der Waals surface area contributed by atoms with E-state index in [0.29, 0.717) is 10.6 Å². The SMILES string of the molecule is O=C(NC1CCCC1)[C@@H](Cc1ccccc1)N(Cc1ccccc1Cl)C(=O)CCN1C(=O)c2ccccc2S1(=O)=O. The van der Waals surface area contributed by atoms with Crippen LogP contribution in [0.5, 0.6) is 0 Å². The van der Waals surface area contributed by atoms with Crippen LogP contribution in [0.2, 0.25) is 5.02 Å². The molecule has 41 heavy (non-hydrogen) atoms. The number of amides is 3. The van der Waals surface area contributed by atoms with Gasteiger partial charge in [0.05, 0.1) is 5.56 Å². The molecule has 3 aromatic rings. The number of halogens is 1. The predicted molar refractivity (Wildman–Crippen MR) is 156 cm³/mol. The van der Waals surface area contributed by atoms with Crippen LogP contribution < -0.4 is 5.32 Å². The van der Waals surface area contributed by atoms with Crippen molar-refractivity contribution in [3.63, 3.8) is 0 Å². The number of benzene rings is 3. The molecule has 1 saturated carbocycles. The average Bonchev–Trinajstić information content (AvgIpc) is 3.55. The highest BCUT2D eigenvalue weighted by atomic mass is 35.5. The Kier molecular flexibility index (Phi) is 8.75. The molecule has 0 bridgehead atoms. The molecule has 1 aliphatic carbocycles. The van der Waals surface area contributed by atoms with Gasteiger partial charge in [-0.3, -0.25) is 14.4 Å². The first-order chi connectivity index (χ1) is 19.8. The number of rotatable bonds is 10. The number of nitrogens with zero attached hydrogens (tertiary/aromatic N) is 2. The van der Waals surface area contributed by atoms with E-state index in [0.717, 1.165) is 35.6 Å². The Labute approximate surface area is 245 Å². The zero-order chi connectivity index (χ0) is 29.0. The van der Waals surface area contributed by atoms with Gasteiger partial charge in [-0.15, -0.1) is 0 Å². The summed E-state index contributed by atoms with van der Waals surface area (Å²) in [5, 5.41) is 3.59. The van der Waals surface area contributed by atoms with Crippen LogP contribution in [-0.4, -0.2) is 54.0 Å². The summed E-state index contributed by atoms with van der Waals surface area (Å²) in [5.41, 5.74) is 1.63. The van der Waals surface area contributed by atoms with E-state index >= 15 is 0 Å². The average molecular weight is 594 g/mol. The number of hydrogen-bond donors (Lipinski definition) is 1. The van der Waals surface area contributed by atoms with Gasteiger partial charge in [0, 0.05) is 37.0 Å². The van der Waals surface area contributed by atoms with Crippen LogP contribution >= 0.6 is 11.6 Å². The highest BCUT2D eigenvalue weighted by molar-refractivity contribution is 7.90. The highest BCUT2D eigenvalue weighted by Crippen LogP contribution is 2.30. The second-order valence-corrected chi connectivity index (χ2v) is 12.7. The molecule has 0 aromatic heterocycles. The number of nitrogens with one attached hydrogen (secondary N) is 1. The van der Waals surface area contributed by atoms with Gasteiger partial charge >= 0.3 is 0 Å². The molecular weight excluding hydrogens is 562 g/mol. The zero-order valence-corrected chi connectivity index (χ0v) is 24.1. The first-order valence-electron chi connectivity index (χ1n) is 13.8. The smallest absolute Gasteiger partial charge is 0.269 e. The molecule has 1 heterocycles. The molecule has 3 aromatic carbocycles. The molecule has 2 aliphatic rings. The number of carbonyl (C=O) groups is 3. The molecular formula is C31H32ClN3O5S. The third kappa shape index (κ3) is 6.31. The van der Waals surface area contributed by atoms with Crippen LogP contribution in [0, 0.1) is 0 Å². The van der Waals surface area contributed by atoms with E-state index in [1.165, 1.54) is 17.0 Å². The van der Waals surface area contributed by atoms with Crippen LogP contribution in [0.25, 0.3) is 0 Å². The highest BCUT2D eigenvalue weighted by Gasteiger charge is 2.41. The fraction of sp³-hybridized carbons (Fsp3) is 0.323. The van der Waals surface area contributed by atoms with Crippen molar-refractivity contribution >= 4 is 39.3 Å². The first kappa shape index (κ1) is 28.8. The van der Waals surface area contributed by atoms with E-state index in [1.807, 2.05) is 30.3 Å². The van der Waals surface area contributed by atoms with Crippen molar-refractivity contribution in [1.82, 2.24) is 14.5 Å². The molecule has 0 unspecified atom stereocenters. The van der Waals surface area contributed by atoms with Crippen LogP contribution in [0.3, 0.4) is 0 Å². The van der Waals surface area contributed by atoms with Crippen LogP contribution in [-0.2, 0) is 32.6 Å². The maximum absolute atomic E-state index is 13.9. The Bertz CT molecular complexity index is 1540. The Morgan fingerprint density at radius 1 is 0.951 bits per heavy atom. The van der Waals surface area contributed by atoms with Gasteiger partial charge in [0.15, 0.2) is 0 Å². The molecule has 0 saturated heterocycles. The lowest BCUT2D eigenvalue weighted by atomic mass is 10.0. The molecule has 3 amide bonds. The molecule has 8 nitrogen and oxygen atoms in total. The van der Waals surface area contributed by atoms with Crippen LogP contribution in [0.15, 0.2) is 83.8 Å². The molecule has 10 heteroatoms. The van der Waals surface area contributed by atoms with Gasteiger partial charge < -0.3 is 10.2 Å². The van der Waals surface area contributed by atoms with E-state index in [1.54, 1.807) is 36.4 Å². The van der Waals surface area contributed by atoms with Gasteiger partial charge in [0.25, 0.3) is 15.9 Å². The summed E-state index contributed by atoms with van der Waals surface area (Å²) in [6.45, 7) is -0.287. The van der Waals surface area contributed by atoms with Crippen molar-refractivity contribution in [3.8, 4) is 0 Å². The summed E-state index contributed by atoms with van der Waals surface area (Å²) >= 11 is 6.47. The van der Waals surface area contributed by atoms with E-state index < -0.39 is 27.9 Å². The summed E-state index contributed by atoms with van der Waals surface area (Å²) in [5.74, 6) is -1.38. The van der Waals surface area contributed by atoms with Gasteiger partial charge in [-0.25, -0.2) is 12.7 Å². The molecule has 1 N–H and O–H groups in total. The maximum Gasteiger partial charge on any atom is 0.269 e. The number of fused-ring (bicyclic) bond motifs is 1. The fourth-order valence-electron chi connectivity index (χ4n) is 5.52. The van der Waals surface area contributed by atoms with Gasteiger partial charge in [0.2, 0.25) is 11.8 Å². The molecule has 0 radical (unpaired) electrons. The van der Waals surface area contributed by atoms with Gasteiger partial charge in [-0.1, -0.05) is 85.1 Å². The van der Waals surface area contributed by atoms with Crippen molar-refractivity contribution in [1.29, 1.82) is 0 Å². The standard InChI is InChI=1S/C31H32ClN3O5S/c32-26-16-8-4-12-23(26)21-34(27(20-22-10-2-1-3-11-22)30(37)33-24-13-5-6-14-24)29(36)18-19-35-31(38)25-15-7-9-17-28(25)41(35,39)40/h1-4,7-12,15-17,24,27H,5-6,13-14,18-21H2,(H,33,37)/t27-/m1/s1. The van der Waals surface area contributed by atoms with Crippen LogP contribution in [0.1, 0.15) is 53.6 Å². The molecule has 1 atom stereocenters. The maximum atomic E-state index is 13.9. The third-order valence-corrected chi connectivity index (χ3v) is 9.92. The Balaban J connectivity index is 1.44. The monoisotopic (exact) mass is 593 g/mol. The van der Waals surface area contributed by atoms with E-state index in [9.17, 15) is 22.8 Å². The second-order valence-electron chi connectivity index (χ2n) is 10.4. The van der Waals surface area contributed by atoms with Gasteiger partial charge in [-0.05, 0) is 42.2 Å². The Morgan fingerprint density at radius 3 is 2.32 bits per heavy atom. The van der Waals surface area contributed by atoms with Crippen LogP contribution in [0.4, 0.5) is 0 Å². The van der Waals surface area contributed by atoms with Crippen molar-refractivity contribution in [2.24, 2.45) is 0 Å². The second kappa shape index (κ2) is 12.4. The van der Waals surface area contributed by atoms with E-state index in [2.05, 4.69) is 5.32 Å². The molecule has 1 aliphatic heterocycles. The molecule has 0 spiro atoms. The third-order valence-electron chi connectivity index (χ3n) is 7.71. The minimum Gasteiger partial charge on any atom is -0.352 e. The normalized spacial score (nSPS) is 16.8. The molecule has 1 fully saturated rings. The first-order valence-corrected chi connectivity index (χ1v) is 15.6. The Hall–Kier alpha value is -3.69. The molecule has 214 valence electrons. The van der Waals surface area contributed by atoms with Gasteiger partial charge in [0.1, 0.15) is 10.9 Å². The Morgan fingerprint density at radius 2 is 1.61 bits per heavy atom. The zero-order valence-electron chi connectivity index (χ0n) is 22.5. The largest absolute Gasteiger partial charge is 0.352 e. The number of hydrogen-bond acceptors (Lipinski definition) is 5. The lowest BCUT2D eigenvalue weighted by molar-refractivity contribution is -0.141. The predicted octanol–water partition coefficient (Wildman–Crippen LogP) is 4.57. The summed E-state index contributed by atoms with van der Waals surface area (Å²) < 4.78 is 26.9. The summed E-state index contributed by atoms with van der Waals surface area (Å²) in [6.07, 6.45) is 3.83. The van der Waals surface area contributed by atoms with Crippen molar-refractivity contribution in [2.45, 2.75) is 62.0 Å². The topological polar surface area (TPSA) is 104 Å². The lowest BCUT2D eigenvalue weighted by Crippen LogP contribution is -2.52. The van der Waals surface area contributed by atoms with Crippen molar-refractivity contribution < 1.29 is 22.8 Å². The minimum absolute atomic E-state index is 0.0453. The van der Waals surface area contributed by atoms with E-state index in [4.69, 9.17) is 11.6 Å². The van der Waals surface area contributed by atoms with Gasteiger partial charge in [-0.2, -0.15) is 0 Å². The van der Waals surface area contributed by atoms with E-state index in [-0.39, 0.29) is 48.3 Å². The lowest BCUT2D eigenvalue weighted by Gasteiger charge is -2.33. The summed E-state index contributed by atoms with van der Waals surface area (Å²) in [4.78, 5) is 42.1. The van der Waals surface area contributed by atoms with Crippen molar-refractivity contribution in [2.75, 3.05) is 6.54 Å². The summed E-state index contributed by atoms with van der Waals surface area (Å²) in [7, 11) is -4.07. The fourth-order valence-corrected chi connectivity index (χ4v) is 7.29. The quantitative estimate of drug-likeness (QED) is 0.371. The number of sulfonamides is 1. The number of carbonyl (C=O) groups excluding carboxylic acids is 3. The molecule has 5 rings (SSSR count). The summed E-state index contributed by atoms with van der Waals surface area (Å²) in [6, 6.07) is 21.7. The van der Waals surface area contributed by atoms with Crippen molar-refractivity contribution in [3.05, 3.63) is 101 Å². The minimum atomic E-state index is -4.07.